The summed E-state index contributed by atoms with van der Waals surface area (Å²) in [6.45, 7) is -0.183. The minimum absolute atomic E-state index is 0.134. The molecule has 0 aromatic heterocycles. The van der Waals surface area contributed by atoms with E-state index in [2.05, 4.69) is 10.5 Å². The van der Waals surface area contributed by atoms with Crippen LogP contribution < -0.4 is 14.9 Å². The average Bonchev–Trinajstić information content (AvgIpc) is 2.53. The highest BCUT2D eigenvalue weighted by Gasteiger charge is 2.05. The largest absolute Gasteiger partial charge is 0.508 e. The molecule has 0 saturated heterocycles. The Morgan fingerprint density at radius 1 is 1.23 bits per heavy atom. The zero-order chi connectivity index (χ0) is 15.8. The van der Waals surface area contributed by atoms with Gasteiger partial charge in [0, 0.05) is 0 Å². The Morgan fingerprint density at radius 2 is 2.00 bits per heavy atom. The van der Waals surface area contributed by atoms with Crippen LogP contribution in [0.4, 0.5) is 0 Å². The first kappa shape index (κ1) is 15.4. The lowest BCUT2D eigenvalue weighted by Crippen LogP contribution is -2.24. The molecule has 0 aliphatic rings. The number of benzene rings is 2. The van der Waals surface area contributed by atoms with Gasteiger partial charge in [-0.3, -0.25) is 4.79 Å². The fourth-order valence-corrected chi connectivity index (χ4v) is 1.70. The van der Waals surface area contributed by atoms with Gasteiger partial charge in [0.05, 0.1) is 13.3 Å². The number of aromatic hydroxyl groups is 1. The van der Waals surface area contributed by atoms with E-state index in [1.54, 1.807) is 36.4 Å². The molecule has 2 aromatic carbocycles. The molecule has 0 bridgehead atoms. The Balaban J connectivity index is 1.83. The van der Waals surface area contributed by atoms with Crippen molar-refractivity contribution in [2.24, 2.45) is 5.10 Å². The number of nitrogens with zero attached hydrogens (tertiary/aromatic N) is 1. The maximum absolute atomic E-state index is 11.6. The fourth-order valence-electron chi connectivity index (χ4n) is 1.70. The summed E-state index contributed by atoms with van der Waals surface area (Å²) >= 11 is 0. The summed E-state index contributed by atoms with van der Waals surface area (Å²) < 4.78 is 10.5. The van der Waals surface area contributed by atoms with Gasteiger partial charge in [0.2, 0.25) is 0 Å². The van der Waals surface area contributed by atoms with E-state index in [0.29, 0.717) is 17.1 Å². The second-order valence-electron chi connectivity index (χ2n) is 4.33. The van der Waals surface area contributed by atoms with E-state index < -0.39 is 5.91 Å². The minimum atomic E-state index is -0.401. The van der Waals surface area contributed by atoms with Crippen molar-refractivity contribution in [3.05, 3.63) is 54.1 Å². The molecule has 0 radical (unpaired) electrons. The van der Waals surface area contributed by atoms with Crippen molar-refractivity contribution in [1.82, 2.24) is 5.43 Å². The first-order valence-electron chi connectivity index (χ1n) is 6.56. The molecule has 0 fully saturated rings. The van der Waals surface area contributed by atoms with Crippen LogP contribution in [0.2, 0.25) is 0 Å². The van der Waals surface area contributed by atoms with Gasteiger partial charge in [-0.15, -0.1) is 0 Å². The SMILES string of the molecule is COc1ccccc1OCC(=O)NN=Cc1cccc(O)c1. The number of nitrogens with one attached hydrogen (secondary N) is 1. The monoisotopic (exact) mass is 300 g/mol. The van der Waals surface area contributed by atoms with Crippen molar-refractivity contribution >= 4 is 12.1 Å². The number of hydrazone groups is 1. The van der Waals surface area contributed by atoms with Crippen LogP contribution >= 0.6 is 0 Å². The summed E-state index contributed by atoms with van der Waals surface area (Å²) in [5.74, 6) is 0.771. The van der Waals surface area contributed by atoms with E-state index in [-0.39, 0.29) is 12.4 Å². The summed E-state index contributed by atoms with van der Waals surface area (Å²) in [6.07, 6.45) is 1.43. The molecule has 0 unspecified atom stereocenters. The van der Waals surface area contributed by atoms with Gasteiger partial charge in [-0.05, 0) is 29.8 Å². The standard InChI is InChI=1S/C16H16N2O4/c1-21-14-7-2-3-8-15(14)22-11-16(20)18-17-10-12-5-4-6-13(19)9-12/h2-10,19H,11H2,1H3,(H,18,20). The van der Waals surface area contributed by atoms with Gasteiger partial charge in [0.15, 0.2) is 18.1 Å². The van der Waals surface area contributed by atoms with Gasteiger partial charge < -0.3 is 14.6 Å². The smallest absolute Gasteiger partial charge is 0.277 e. The Hall–Kier alpha value is -3.02. The summed E-state index contributed by atoms with van der Waals surface area (Å²) in [7, 11) is 1.53. The number of carbonyl (C=O) groups is 1. The van der Waals surface area contributed by atoms with E-state index in [9.17, 15) is 9.90 Å². The van der Waals surface area contributed by atoms with Gasteiger partial charge in [0.1, 0.15) is 5.75 Å². The second kappa shape index (κ2) is 7.68. The highest BCUT2D eigenvalue weighted by Crippen LogP contribution is 2.25. The van der Waals surface area contributed by atoms with Crippen molar-refractivity contribution in [2.75, 3.05) is 13.7 Å². The van der Waals surface area contributed by atoms with E-state index in [1.165, 1.54) is 19.4 Å². The van der Waals surface area contributed by atoms with Gasteiger partial charge >= 0.3 is 0 Å². The number of amides is 1. The van der Waals surface area contributed by atoms with Crippen LogP contribution in [0.3, 0.4) is 0 Å². The predicted octanol–water partition coefficient (Wildman–Crippen LogP) is 1.93. The third-order valence-corrected chi connectivity index (χ3v) is 2.70. The maximum atomic E-state index is 11.6. The molecule has 22 heavy (non-hydrogen) atoms. The molecule has 114 valence electrons. The van der Waals surface area contributed by atoms with Crippen LogP contribution in [0.1, 0.15) is 5.56 Å². The number of ether oxygens (including phenoxy) is 2. The predicted molar refractivity (Wildman–Crippen MR) is 82.3 cm³/mol. The normalized spacial score (nSPS) is 10.4. The number of methoxy groups -OCH3 is 1. The van der Waals surface area contributed by atoms with Crippen LogP contribution in [0.5, 0.6) is 17.2 Å². The second-order valence-corrected chi connectivity index (χ2v) is 4.33. The number of hydrogen-bond acceptors (Lipinski definition) is 5. The van der Waals surface area contributed by atoms with E-state index in [0.717, 1.165) is 0 Å². The summed E-state index contributed by atoms with van der Waals surface area (Å²) in [4.78, 5) is 11.6. The highest BCUT2D eigenvalue weighted by molar-refractivity contribution is 5.83. The van der Waals surface area contributed by atoms with E-state index in [4.69, 9.17) is 9.47 Å². The minimum Gasteiger partial charge on any atom is -0.508 e. The van der Waals surface area contributed by atoms with Gasteiger partial charge in [-0.25, -0.2) is 5.43 Å². The molecule has 0 atom stereocenters. The first-order chi connectivity index (χ1) is 10.7. The molecule has 0 aliphatic carbocycles. The zero-order valence-corrected chi connectivity index (χ0v) is 12.0. The van der Waals surface area contributed by atoms with Crippen molar-refractivity contribution < 1.29 is 19.4 Å². The summed E-state index contributed by atoms with van der Waals surface area (Å²) in [5.41, 5.74) is 3.01. The Kier molecular flexibility index (Phi) is 5.37. The third-order valence-electron chi connectivity index (χ3n) is 2.70. The lowest BCUT2D eigenvalue weighted by molar-refractivity contribution is -0.123. The van der Waals surface area contributed by atoms with Gasteiger partial charge in [-0.2, -0.15) is 5.10 Å². The molecule has 0 heterocycles. The quantitative estimate of drug-likeness (QED) is 0.631. The molecular weight excluding hydrogens is 284 g/mol. The summed E-state index contributed by atoms with van der Waals surface area (Å²) in [6, 6.07) is 13.6. The fraction of sp³-hybridized carbons (Fsp3) is 0.125. The highest BCUT2D eigenvalue weighted by atomic mass is 16.5. The Labute approximate surface area is 128 Å². The van der Waals surface area contributed by atoms with E-state index in [1.807, 2.05) is 6.07 Å². The van der Waals surface area contributed by atoms with E-state index >= 15 is 0 Å². The van der Waals surface area contributed by atoms with Crippen molar-refractivity contribution in [1.29, 1.82) is 0 Å². The molecule has 6 nitrogen and oxygen atoms in total. The van der Waals surface area contributed by atoms with Crippen LogP contribution in [-0.4, -0.2) is 30.9 Å². The summed E-state index contributed by atoms with van der Waals surface area (Å²) in [5, 5.41) is 13.1. The van der Waals surface area contributed by atoms with Crippen LogP contribution in [-0.2, 0) is 4.79 Å². The number of phenols is 1. The number of phenolic OH excluding ortho intramolecular Hbond substituents is 1. The molecule has 2 aromatic rings. The number of para-hydroxylation sites is 2. The lowest BCUT2D eigenvalue weighted by Gasteiger charge is -2.09. The van der Waals surface area contributed by atoms with Crippen LogP contribution in [0.25, 0.3) is 0 Å². The lowest BCUT2D eigenvalue weighted by atomic mass is 10.2. The molecule has 0 aliphatic heterocycles. The number of hydrogen-bond donors (Lipinski definition) is 2. The molecule has 2 N–H and O–H groups in total. The average molecular weight is 300 g/mol. The molecule has 1 amide bonds. The number of rotatable bonds is 6. The first-order valence-corrected chi connectivity index (χ1v) is 6.56. The molecule has 2 rings (SSSR count). The van der Waals surface area contributed by atoms with Crippen LogP contribution in [0.15, 0.2) is 53.6 Å². The maximum Gasteiger partial charge on any atom is 0.277 e. The van der Waals surface area contributed by atoms with Gasteiger partial charge in [-0.1, -0.05) is 24.3 Å². The Morgan fingerprint density at radius 3 is 2.73 bits per heavy atom. The van der Waals surface area contributed by atoms with Gasteiger partial charge in [0.25, 0.3) is 5.91 Å². The molecule has 0 spiro atoms. The molecule has 6 heteroatoms. The number of carbonyl (C=O) groups excluding carboxylic acids is 1. The molecule has 0 saturated carbocycles. The van der Waals surface area contributed by atoms with Crippen molar-refractivity contribution in [3.63, 3.8) is 0 Å². The Bertz CT molecular complexity index is 671. The van der Waals surface area contributed by atoms with Crippen LogP contribution in [0, 0.1) is 0 Å². The topological polar surface area (TPSA) is 80.2 Å². The van der Waals surface area contributed by atoms with Crippen molar-refractivity contribution in [3.8, 4) is 17.2 Å². The third kappa shape index (κ3) is 4.52. The zero-order valence-electron chi connectivity index (χ0n) is 12.0. The van der Waals surface area contributed by atoms with Crippen molar-refractivity contribution in [2.45, 2.75) is 0 Å². The molecular formula is C16H16N2O4.